The number of nitriles is 1. The van der Waals surface area contributed by atoms with Crippen molar-refractivity contribution >= 4 is 37.6 Å². The van der Waals surface area contributed by atoms with Gasteiger partial charge in [-0.2, -0.15) is 5.26 Å². The Kier molecular flexibility index (Phi) is 3.85. The number of nitrogens with zero attached hydrogens (tertiary/aromatic N) is 1. The van der Waals surface area contributed by atoms with Crippen LogP contribution in [0.1, 0.15) is 21.5 Å². The summed E-state index contributed by atoms with van der Waals surface area (Å²) in [4.78, 5) is 11.6. The summed E-state index contributed by atoms with van der Waals surface area (Å²) in [5.41, 5.74) is 2.01. The molecule has 0 aliphatic rings. The second-order valence-corrected chi connectivity index (χ2v) is 5.87. The van der Waals surface area contributed by atoms with Crippen molar-refractivity contribution in [2.24, 2.45) is 0 Å². The third-order valence-electron chi connectivity index (χ3n) is 1.82. The van der Waals surface area contributed by atoms with Crippen LogP contribution < -0.4 is 0 Å². The highest BCUT2D eigenvalue weighted by molar-refractivity contribution is 9.25. The van der Waals surface area contributed by atoms with Crippen molar-refractivity contribution in [3.63, 3.8) is 0 Å². The first-order valence-corrected chi connectivity index (χ1v) is 5.72. The van der Waals surface area contributed by atoms with Gasteiger partial charge in [-0.15, -0.1) is 0 Å². The Morgan fingerprint density at radius 3 is 2.57 bits per heavy atom. The minimum Gasteiger partial charge on any atom is -0.292 e. The molecule has 1 aromatic rings. The number of hydrogen-bond acceptors (Lipinski definition) is 2. The molecule has 1 rings (SSSR count). The Bertz CT molecular complexity index is 407. The molecule has 72 valence electrons. The van der Waals surface area contributed by atoms with Gasteiger partial charge in [0, 0.05) is 5.56 Å². The third-order valence-corrected chi connectivity index (χ3v) is 2.65. The molecule has 4 heteroatoms. The summed E-state index contributed by atoms with van der Waals surface area (Å²) in [6, 6.07) is 7.05. The van der Waals surface area contributed by atoms with Crippen molar-refractivity contribution in [3.8, 4) is 6.07 Å². The summed E-state index contributed by atoms with van der Waals surface area (Å²) >= 11 is 6.30. The minimum absolute atomic E-state index is 0.0352. The fourth-order valence-corrected chi connectivity index (χ4v) is 1.62. The van der Waals surface area contributed by atoms with Crippen LogP contribution in [-0.4, -0.2) is 9.52 Å². The molecular weight excluding hydrogens is 310 g/mol. The van der Waals surface area contributed by atoms with Crippen molar-refractivity contribution in [2.75, 3.05) is 0 Å². The molecule has 0 saturated heterocycles. The topological polar surface area (TPSA) is 40.9 Å². The van der Waals surface area contributed by atoms with E-state index in [0.717, 1.165) is 5.56 Å². The summed E-state index contributed by atoms with van der Waals surface area (Å²) in [5, 5.41) is 8.65. The second-order valence-electron chi connectivity index (χ2n) is 2.81. The minimum atomic E-state index is -0.373. The molecule has 0 fully saturated rings. The summed E-state index contributed by atoms with van der Waals surface area (Å²) in [6.07, 6.45) is 0. The van der Waals surface area contributed by atoms with Crippen LogP contribution in [0.15, 0.2) is 18.2 Å². The van der Waals surface area contributed by atoms with Gasteiger partial charge >= 0.3 is 0 Å². The van der Waals surface area contributed by atoms with Gasteiger partial charge in [-0.1, -0.05) is 31.9 Å². The first-order valence-electron chi connectivity index (χ1n) is 3.89. The Balaban J connectivity index is 3.14. The maximum absolute atomic E-state index is 11.6. The van der Waals surface area contributed by atoms with Gasteiger partial charge < -0.3 is 0 Å². The third kappa shape index (κ3) is 2.43. The predicted molar refractivity (Wildman–Crippen MR) is 61.9 cm³/mol. The number of carbonyl (C=O) groups is 1. The number of ketones is 1. The molecule has 0 atom stereocenters. The van der Waals surface area contributed by atoms with Crippen LogP contribution in [-0.2, 0) is 0 Å². The van der Waals surface area contributed by atoms with Gasteiger partial charge in [0.15, 0.2) is 5.78 Å². The average molecular weight is 317 g/mol. The normalized spacial score (nSPS) is 9.93. The van der Waals surface area contributed by atoms with E-state index in [0.29, 0.717) is 11.1 Å². The van der Waals surface area contributed by atoms with Gasteiger partial charge in [0.2, 0.25) is 0 Å². The van der Waals surface area contributed by atoms with E-state index in [-0.39, 0.29) is 9.52 Å². The van der Waals surface area contributed by atoms with Crippen LogP contribution in [0.3, 0.4) is 0 Å². The average Bonchev–Trinajstić information content (AvgIpc) is 2.16. The number of carbonyl (C=O) groups excluding carboxylic acids is 1. The van der Waals surface area contributed by atoms with Gasteiger partial charge in [0.05, 0.1) is 11.6 Å². The Morgan fingerprint density at radius 2 is 2.14 bits per heavy atom. The molecule has 1 aromatic carbocycles. The predicted octanol–water partition coefficient (Wildman–Crippen LogP) is 3.17. The molecule has 0 aliphatic heterocycles. The first kappa shape index (κ1) is 11.4. The van der Waals surface area contributed by atoms with E-state index < -0.39 is 0 Å². The zero-order valence-electron chi connectivity index (χ0n) is 7.42. The lowest BCUT2D eigenvalue weighted by molar-refractivity contribution is 0.101. The molecule has 14 heavy (non-hydrogen) atoms. The first-order chi connectivity index (χ1) is 6.56. The zero-order valence-corrected chi connectivity index (χ0v) is 10.6. The van der Waals surface area contributed by atoms with Crippen LogP contribution in [0.4, 0.5) is 0 Å². The maximum Gasteiger partial charge on any atom is 0.187 e. The molecule has 0 aromatic heterocycles. The van der Waals surface area contributed by atoms with E-state index >= 15 is 0 Å². The highest BCUT2D eigenvalue weighted by Crippen LogP contribution is 2.19. The fraction of sp³-hybridized carbons (Fsp3) is 0.200. The van der Waals surface area contributed by atoms with Gasteiger partial charge in [-0.3, -0.25) is 4.79 Å². The van der Waals surface area contributed by atoms with Crippen molar-refractivity contribution in [2.45, 2.75) is 10.7 Å². The number of hydrogen-bond donors (Lipinski definition) is 0. The Morgan fingerprint density at radius 1 is 1.50 bits per heavy atom. The molecule has 0 amide bonds. The zero-order chi connectivity index (χ0) is 10.7. The van der Waals surface area contributed by atoms with Gasteiger partial charge in [-0.05, 0) is 30.7 Å². The van der Waals surface area contributed by atoms with E-state index in [2.05, 4.69) is 31.9 Å². The van der Waals surface area contributed by atoms with Crippen LogP contribution in [0.25, 0.3) is 0 Å². The molecule has 0 radical (unpaired) electrons. The monoisotopic (exact) mass is 315 g/mol. The number of aryl methyl sites for hydroxylation is 1. The number of rotatable bonds is 2. The molecule has 0 saturated carbocycles. The smallest absolute Gasteiger partial charge is 0.187 e. The SMILES string of the molecule is Cc1cc(C#N)ccc1C(=O)C(Br)Br. The van der Waals surface area contributed by atoms with Crippen LogP contribution >= 0.6 is 31.9 Å². The second kappa shape index (κ2) is 4.72. The number of halogens is 2. The van der Waals surface area contributed by atoms with Crippen molar-refractivity contribution < 1.29 is 4.79 Å². The van der Waals surface area contributed by atoms with Gasteiger partial charge in [0.25, 0.3) is 0 Å². The largest absolute Gasteiger partial charge is 0.292 e. The van der Waals surface area contributed by atoms with Crippen molar-refractivity contribution in [1.29, 1.82) is 5.26 Å². The van der Waals surface area contributed by atoms with E-state index in [4.69, 9.17) is 5.26 Å². The van der Waals surface area contributed by atoms with E-state index in [1.165, 1.54) is 0 Å². The molecule has 0 aliphatic carbocycles. The highest BCUT2D eigenvalue weighted by Gasteiger charge is 2.15. The lowest BCUT2D eigenvalue weighted by Gasteiger charge is -2.05. The maximum atomic E-state index is 11.6. The molecular formula is C10H7Br2NO. The summed E-state index contributed by atoms with van der Waals surface area (Å²) < 4.78 is -0.373. The van der Waals surface area contributed by atoms with Gasteiger partial charge in [0.1, 0.15) is 3.74 Å². The van der Waals surface area contributed by atoms with E-state index in [1.807, 2.05) is 13.0 Å². The van der Waals surface area contributed by atoms with E-state index in [1.54, 1.807) is 18.2 Å². The molecule has 2 nitrogen and oxygen atoms in total. The quantitative estimate of drug-likeness (QED) is 0.621. The van der Waals surface area contributed by atoms with Crippen molar-refractivity contribution in [1.82, 2.24) is 0 Å². The van der Waals surface area contributed by atoms with Crippen LogP contribution in [0, 0.1) is 18.3 Å². The van der Waals surface area contributed by atoms with Gasteiger partial charge in [-0.25, -0.2) is 0 Å². The fourth-order valence-electron chi connectivity index (χ4n) is 1.13. The Hall–Kier alpha value is -0.660. The summed E-state index contributed by atoms with van der Waals surface area (Å²) in [6.45, 7) is 1.82. The molecule has 0 N–H and O–H groups in total. The lowest BCUT2D eigenvalue weighted by atomic mass is 10.0. The standard InChI is InChI=1S/C10H7Br2NO/c1-6-4-7(5-13)2-3-8(6)9(14)10(11)12/h2-4,10H,1H3. The highest BCUT2D eigenvalue weighted by atomic mass is 79.9. The number of alkyl halides is 2. The Labute approximate surface area is 99.2 Å². The molecule has 0 heterocycles. The lowest BCUT2D eigenvalue weighted by Crippen LogP contribution is -2.08. The summed E-state index contributed by atoms with van der Waals surface area (Å²) in [5.74, 6) is -0.0352. The molecule has 0 unspecified atom stereocenters. The summed E-state index contributed by atoms with van der Waals surface area (Å²) in [7, 11) is 0. The molecule has 0 bridgehead atoms. The van der Waals surface area contributed by atoms with Crippen LogP contribution in [0.2, 0.25) is 0 Å². The van der Waals surface area contributed by atoms with Crippen molar-refractivity contribution in [3.05, 3.63) is 34.9 Å². The van der Waals surface area contributed by atoms with Crippen LogP contribution in [0.5, 0.6) is 0 Å². The van der Waals surface area contributed by atoms with E-state index in [9.17, 15) is 4.79 Å². The molecule has 0 spiro atoms. The number of benzene rings is 1. The number of Topliss-reactive ketones (excluding diaryl/α,β-unsaturated/α-hetero) is 1.